The number of carbonyl (C=O) groups excluding carboxylic acids is 1. The van der Waals surface area contributed by atoms with Gasteiger partial charge in [0.2, 0.25) is 5.91 Å². The van der Waals surface area contributed by atoms with Gasteiger partial charge in [-0.15, -0.1) is 0 Å². The molecule has 0 aliphatic heterocycles. The van der Waals surface area contributed by atoms with Crippen molar-refractivity contribution in [2.45, 2.75) is 57.1 Å². The van der Waals surface area contributed by atoms with Gasteiger partial charge < -0.3 is 11.1 Å². The van der Waals surface area contributed by atoms with Crippen LogP contribution in [0.1, 0.15) is 51.9 Å². The Kier molecular flexibility index (Phi) is 7.00. The summed E-state index contributed by atoms with van der Waals surface area (Å²) in [5, 5.41) is 3.08. The lowest BCUT2D eigenvalue weighted by Crippen LogP contribution is -2.39. The highest BCUT2D eigenvalue weighted by Gasteiger charge is 2.32. The van der Waals surface area contributed by atoms with Gasteiger partial charge in [-0.3, -0.25) is 9.00 Å². The maximum Gasteiger partial charge on any atom is 0.220 e. The van der Waals surface area contributed by atoms with Crippen LogP contribution < -0.4 is 11.1 Å². The molecule has 1 amide bonds. The molecular weight excluding hydrogens is 260 g/mol. The summed E-state index contributed by atoms with van der Waals surface area (Å²) in [5.41, 5.74) is 5.91. The molecule has 0 bridgehead atoms. The Hall–Kier alpha value is -0.420. The fourth-order valence-corrected chi connectivity index (χ4v) is 3.19. The van der Waals surface area contributed by atoms with E-state index in [1.165, 1.54) is 19.3 Å². The number of carbonyl (C=O) groups is 1. The molecule has 1 aliphatic rings. The van der Waals surface area contributed by atoms with Gasteiger partial charge in [0.05, 0.1) is 0 Å². The standard InChI is InChI=1S/C14H28N2O2S/c1-12(19(2)18)6-9-16-13(17)10-14(11-15)7-4-3-5-8-14/h12H,3-11,15H2,1-2H3,(H,16,17). The molecule has 0 heterocycles. The van der Waals surface area contributed by atoms with Crippen molar-refractivity contribution in [3.8, 4) is 0 Å². The Balaban J connectivity index is 2.31. The van der Waals surface area contributed by atoms with E-state index in [0.717, 1.165) is 19.3 Å². The molecule has 0 aromatic carbocycles. The Labute approximate surface area is 119 Å². The summed E-state index contributed by atoms with van der Waals surface area (Å²) >= 11 is 0. The maximum atomic E-state index is 12.0. The van der Waals surface area contributed by atoms with E-state index in [-0.39, 0.29) is 16.6 Å². The average Bonchev–Trinajstić information content (AvgIpc) is 2.39. The minimum atomic E-state index is -0.812. The fraction of sp³-hybridized carbons (Fsp3) is 0.929. The van der Waals surface area contributed by atoms with Gasteiger partial charge in [0, 0.05) is 35.3 Å². The van der Waals surface area contributed by atoms with Gasteiger partial charge in [-0.2, -0.15) is 0 Å². The van der Waals surface area contributed by atoms with Crippen LogP contribution in [0, 0.1) is 5.41 Å². The number of nitrogens with one attached hydrogen (secondary N) is 1. The van der Waals surface area contributed by atoms with E-state index in [1.807, 2.05) is 6.92 Å². The molecule has 1 saturated carbocycles. The second-order valence-electron chi connectivity index (χ2n) is 5.89. The number of hydrogen-bond acceptors (Lipinski definition) is 3. The zero-order chi connectivity index (χ0) is 14.3. The molecule has 0 saturated heterocycles. The fourth-order valence-electron chi connectivity index (χ4n) is 2.74. The minimum Gasteiger partial charge on any atom is -0.356 e. The van der Waals surface area contributed by atoms with Crippen molar-refractivity contribution in [3.63, 3.8) is 0 Å². The third kappa shape index (κ3) is 5.61. The lowest BCUT2D eigenvalue weighted by atomic mass is 9.71. The molecule has 0 spiro atoms. The van der Waals surface area contributed by atoms with E-state index in [0.29, 0.717) is 19.5 Å². The molecule has 1 aliphatic carbocycles. The minimum absolute atomic E-state index is 0.0293. The summed E-state index contributed by atoms with van der Waals surface area (Å²) < 4.78 is 11.2. The molecule has 0 radical (unpaired) electrons. The number of nitrogens with two attached hydrogens (primary N) is 1. The summed E-state index contributed by atoms with van der Waals surface area (Å²) in [6.45, 7) is 3.17. The largest absolute Gasteiger partial charge is 0.356 e. The molecule has 5 heteroatoms. The van der Waals surface area contributed by atoms with Gasteiger partial charge >= 0.3 is 0 Å². The zero-order valence-corrected chi connectivity index (χ0v) is 13.1. The van der Waals surface area contributed by atoms with Crippen molar-refractivity contribution in [2.24, 2.45) is 11.1 Å². The topological polar surface area (TPSA) is 72.2 Å². The van der Waals surface area contributed by atoms with Crippen LogP contribution >= 0.6 is 0 Å². The Morgan fingerprint density at radius 1 is 1.37 bits per heavy atom. The average molecular weight is 288 g/mol. The predicted molar refractivity (Wildman–Crippen MR) is 80.3 cm³/mol. The molecule has 19 heavy (non-hydrogen) atoms. The molecule has 1 fully saturated rings. The summed E-state index contributed by atoms with van der Waals surface area (Å²) in [5.74, 6) is 0.0986. The van der Waals surface area contributed by atoms with E-state index < -0.39 is 10.8 Å². The highest BCUT2D eigenvalue weighted by molar-refractivity contribution is 7.84. The number of rotatable bonds is 7. The Morgan fingerprint density at radius 3 is 2.53 bits per heavy atom. The zero-order valence-electron chi connectivity index (χ0n) is 12.2. The third-order valence-electron chi connectivity index (χ3n) is 4.32. The van der Waals surface area contributed by atoms with Crippen LogP contribution in [0.25, 0.3) is 0 Å². The molecule has 0 aromatic rings. The first-order valence-electron chi connectivity index (χ1n) is 7.28. The Morgan fingerprint density at radius 2 is 2.00 bits per heavy atom. The number of hydrogen-bond donors (Lipinski definition) is 2. The van der Waals surface area contributed by atoms with Gasteiger partial charge in [0.15, 0.2) is 0 Å². The quantitative estimate of drug-likeness (QED) is 0.747. The van der Waals surface area contributed by atoms with E-state index in [9.17, 15) is 9.00 Å². The third-order valence-corrected chi connectivity index (χ3v) is 5.69. The highest BCUT2D eigenvalue weighted by atomic mass is 32.2. The first kappa shape index (κ1) is 16.6. The molecule has 4 nitrogen and oxygen atoms in total. The second-order valence-corrected chi connectivity index (χ2v) is 7.69. The molecule has 2 atom stereocenters. The van der Waals surface area contributed by atoms with Gasteiger partial charge in [0.25, 0.3) is 0 Å². The van der Waals surface area contributed by atoms with E-state index in [4.69, 9.17) is 5.73 Å². The molecule has 3 N–H and O–H groups in total. The van der Waals surface area contributed by atoms with Crippen molar-refractivity contribution in [1.29, 1.82) is 0 Å². The van der Waals surface area contributed by atoms with Crippen molar-refractivity contribution in [1.82, 2.24) is 5.32 Å². The summed E-state index contributed by atoms with van der Waals surface area (Å²) in [7, 11) is -0.812. The van der Waals surface area contributed by atoms with Gasteiger partial charge in [-0.25, -0.2) is 0 Å². The van der Waals surface area contributed by atoms with E-state index in [2.05, 4.69) is 5.32 Å². The lowest BCUT2D eigenvalue weighted by Gasteiger charge is -2.35. The van der Waals surface area contributed by atoms with Gasteiger partial charge in [0.1, 0.15) is 0 Å². The van der Waals surface area contributed by atoms with Crippen molar-refractivity contribution in [3.05, 3.63) is 0 Å². The van der Waals surface area contributed by atoms with E-state index in [1.54, 1.807) is 6.26 Å². The van der Waals surface area contributed by atoms with Gasteiger partial charge in [-0.1, -0.05) is 26.2 Å². The molecule has 1 rings (SSSR count). The molecule has 0 aromatic heterocycles. The van der Waals surface area contributed by atoms with Crippen molar-refractivity contribution < 1.29 is 9.00 Å². The first-order valence-corrected chi connectivity index (χ1v) is 8.90. The molecule has 2 unspecified atom stereocenters. The Bertz CT molecular complexity index is 315. The summed E-state index contributed by atoms with van der Waals surface area (Å²) in [6.07, 6.45) is 8.82. The van der Waals surface area contributed by atoms with Crippen LogP contribution in [-0.2, 0) is 15.6 Å². The predicted octanol–water partition coefficient (Wildman–Crippen LogP) is 1.56. The molecular formula is C14H28N2O2S. The highest BCUT2D eigenvalue weighted by Crippen LogP contribution is 2.38. The maximum absolute atomic E-state index is 12.0. The summed E-state index contributed by atoms with van der Waals surface area (Å²) in [4.78, 5) is 12.0. The van der Waals surface area contributed by atoms with Crippen LogP contribution in [0.5, 0.6) is 0 Å². The SMILES string of the molecule is CC(CCNC(=O)CC1(CN)CCCCC1)S(C)=O. The monoisotopic (exact) mass is 288 g/mol. The van der Waals surface area contributed by atoms with Crippen LogP contribution in [0.15, 0.2) is 0 Å². The van der Waals surface area contributed by atoms with Crippen LogP contribution in [-0.4, -0.2) is 34.7 Å². The van der Waals surface area contributed by atoms with Crippen LogP contribution in [0.4, 0.5) is 0 Å². The van der Waals surface area contributed by atoms with Crippen molar-refractivity contribution in [2.75, 3.05) is 19.3 Å². The van der Waals surface area contributed by atoms with Crippen LogP contribution in [0.2, 0.25) is 0 Å². The van der Waals surface area contributed by atoms with Gasteiger partial charge in [-0.05, 0) is 31.2 Å². The first-order chi connectivity index (χ1) is 8.99. The number of amides is 1. The second kappa shape index (κ2) is 8.00. The van der Waals surface area contributed by atoms with Crippen LogP contribution in [0.3, 0.4) is 0 Å². The smallest absolute Gasteiger partial charge is 0.220 e. The van der Waals surface area contributed by atoms with Crippen molar-refractivity contribution >= 4 is 16.7 Å². The lowest BCUT2D eigenvalue weighted by molar-refractivity contribution is -0.123. The van der Waals surface area contributed by atoms with E-state index >= 15 is 0 Å². The molecule has 112 valence electrons. The normalized spacial score (nSPS) is 21.6. The summed E-state index contributed by atoms with van der Waals surface area (Å²) in [6, 6.07) is 0.